The molecule has 5 nitrogen and oxygen atoms in total. The molecule has 1 rings (SSSR count). The van der Waals surface area contributed by atoms with Crippen molar-refractivity contribution in [3.05, 3.63) is 17.5 Å². The Morgan fingerprint density at radius 3 is 2.48 bits per heavy atom. The van der Waals surface area contributed by atoms with Crippen molar-refractivity contribution in [2.45, 2.75) is 59.4 Å². The molecule has 0 fully saturated rings. The second-order valence-electron chi connectivity index (χ2n) is 5.50. The predicted octanol–water partition coefficient (Wildman–Crippen LogP) is 2.71. The number of carbonyl (C=O) groups is 1. The fraction of sp³-hybridized carbons (Fsp3) is 0.688. The summed E-state index contributed by atoms with van der Waals surface area (Å²) in [5, 5.41) is 16.8. The van der Waals surface area contributed by atoms with E-state index in [1.54, 1.807) is 4.68 Å². The van der Waals surface area contributed by atoms with Crippen LogP contribution in [0.5, 0.6) is 0 Å². The fourth-order valence-electron chi connectivity index (χ4n) is 2.74. The zero-order valence-electron chi connectivity index (χ0n) is 13.6. The standard InChI is InChI=1S/C16H26N4O/c1-5-8-16(12-17,9-6-2)15(21)18-10-13-11-20(4)19-14(13)7-3/h11H,5-10H2,1-4H3,(H,18,21). The van der Waals surface area contributed by atoms with Crippen LogP contribution in [0.15, 0.2) is 6.20 Å². The maximum Gasteiger partial charge on any atom is 0.240 e. The van der Waals surface area contributed by atoms with Gasteiger partial charge in [-0.3, -0.25) is 9.48 Å². The summed E-state index contributed by atoms with van der Waals surface area (Å²) in [7, 11) is 1.87. The lowest BCUT2D eigenvalue weighted by atomic mass is 9.79. The number of hydrogen-bond donors (Lipinski definition) is 1. The van der Waals surface area contributed by atoms with Gasteiger partial charge in [-0.2, -0.15) is 10.4 Å². The zero-order chi connectivity index (χ0) is 15.9. The average Bonchev–Trinajstić information content (AvgIpc) is 2.84. The summed E-state index contributed by atoms with van der Waals surface area (Å²) in [4.78, 5) is 12.5. The van der Waals surface area contributed by atoms with E-state index in [-0.39, 0.29) is 5.91 Å². The van der Waals surface area contributed by atoms with E-state index >= 15 is 0 Å². The van der Waals surface area contributed by atoms with Crippen molar-refractivity contribution in [2.75, 3.05) is 0 Å². The van der Waals surface area contributed by atoms with E-state index in [4.69, 9.17) is 0 Å². The quantitative estimate of drug-likeness (QED) is 0.800. The van der Waals surface area contributed by atoms with E-state index in [2.05, 4.69) is 16.5 Å². The number of nitrogens with one attached hydrogen (secondary N) is 1. The summed E-state index contributed by atoms with van der Waals surface area (Å²) in [5.41, 5.74) is 1.12. The van der Waals surface area contributed by atoms with Crippen molar-refractivity contribution in [2.24, 2.45) is 12.5 Å². The van der Waals surface area contributed by atoms with Gasteiger partial charge in [0, 0.05) is 25.4 Å². The smallest absolute Gasteiger partial charge is 0.240 e. The van der Waals surface area contributed by atoms with Crippen LogP contribution in [-0.4, -0.2) is 15.7 Å². The molecule has 5 heteroatoms. The third kappa shape index (κ3) is 4.07. The van der Waals surface area contributed by atoms with Gasteiger partial charge in [0.2, 0.25) is 5.91 Å². The maximum atomic E-state index is 12.5. The molecule has 0 saturated carbocycles. The third-order valence-electron chi connectivity index (χ3n) is 3.77. The number of amides is 1. The van der Waals surface area contributed by atoms with Crippen LogP contribution >= 0.6 is 0 Å². The van der Waals surface area contributed by atoms with Gasteiger partial charge in [0.1, 0.15) is 5.41 Å². The summed E-state index contributed by atoms with van der Waals surface area (Å²) in [5.74, 6) is -0.153. The molecule has 1 amide bonds. The molecule has 0 spiro atoms. The Balaban J connectivity index is 2.80. The SMILES string of the molecule is CCCC(C#N)(CCC)C(=O)NCc1cn(C)nc1CC. The Kier molecular flexibility index (Phi) is 6.41. The molecule has 116 valence electrons. The molecule has 0 bridgehead atoms. The van der Waals surface area contributed by atoms with Gasteiger partial charge < -0.3 is 5.32 Å². The first kappa shape index (κ1) is 17.2. The zero-order valence-corrected chi connectivity index (χ0v) is 13.6. The number of nitrogens with zero attached hydrogens (tertiary/aromatic N) is 3. The summed E-state index contributed by atoms with van der Waals surface area (Å²) in [6, 6.07) is 2.25. The molecule has 1 aromatic heterocycles. The molecule has 21 heavy (non-hydrogen) atoms. The molecule has 0 unspecified atom stereocenters. The minimum atomic E-state index is -0.891. The van der Waals surface area contributed by atoms with E-state index in [0.717, 1.165) is 30.5 Å². The van der Waals surface area contributed by atoms with Crippen LogP contribution in [0, 0.1) is 16.7 Å². The molecular weight excluding hydrogens is 264 g/mol. The number of hydrogen-bond acceptors (Lipinski definition) is 3. The lowest BCUT2D eigenvalue weighted by molar-refractivity contribution is -0.129. The van der Waals surface area contributed by atoms with Crippen LogP contribution < -0.4 is 5.32 Å². The highest BCUT2D eigenvalue weighted by Crippen LogP contribution is 2.29. The first-order valence-corrected chi connectivity index (χ1v) is 7.73. The lowest BCUT2D eigenvalue weighted by Gasteiger charge is -2.24. The Bertz CT molecular complexity index is 507. The van der Waals surface area contributed by atoms with Crippen molar-refractivity contribution >= 4 is 5.91 Å². The van der Waals surface area contributed by atoms with Crippen LogP contribution in [0.2, 0.25) is 0 Å². The van der Waals surface area contributed by atoms with Gasteiger partial charge in [0.15, 0.2) is 0 Å². The molecule has 1 heterocycles. The summed E-state index contributed by atoms with van der Waals surface area (Å²) >= 11 is 0. The van der Waals surface area contributed by atoms with Gasteiger partial charge in [0.05, 0.1) is 11.8 Å². The van der Waals surface area contributed by atoms with Crippen molar-refractivity contribution in [1.82, 2.24) is 15.1 Å². The van der Waals surface area contributed by atoms with Crippen LogP contribution in [0.1, 0.15) is 57.7 Å². The molecule has 0 aliphatic heterocycles. The van der Waals surface area contributed by atoms with Crippen molar-refractivity contribution < 1.29 is 4.79 Å². The van der Waals surface area contributed by atoms with E-state index in [1.807, 2.05) is 34.0 Å². The normalized spacial score (nSPS) is 11.2. The molecule has 0 saturated heterocycles. The Labute approximate surface area is 127 Å². The van der Waals surface area contributed by atoms with Gasteiger partial charge in [-0.15, -0.1) is 0 Å². The first-order valence-electron chi connectivity index (χ1n) is 7.73. The number of carbonyl (C=O) groups excluding carboxylic acids is 1. The Hall–Kier alpha value is -1.83. The lowest BCUT2D eigenvalue weighted by Crippen LogP contribution is -2.39. The van der Waals surface area contributed by atoms with Crippen LogP contribution in [0.4, 0.5) is 0 Å². The van der Waals surface area contributed by atoms with E-state index < -0.39 is 5.41 Å². The van der Waals surface area contributed by atoms with Gasteiger partial charge in [-0.1, -0.05) is 33.6 Å². The molecule has 0 aromatic carbocycles. The molecule has 0 atom stereocenters. The molecule has 0 radical (unpaired) electrons. The highest BCUT2D eigenvalue weighted by atomic mass is 16.2. The molecule has 1 aromatic rings. The van der Waals surface area contributed by atoms with Crippen LogP contribution in [-0.2, 0) is 24.8 Å². The number of aromatic nitrogens is 2. The Morgan fingerprint density at radius 1 is 1.38 bits per heavy atom. The predicted molar refractivity (Wildman–Crippen MR) is 82.3 cm³/mol. The highest BCUT2D eigenvalue weighted by molar-refractivity contribution is 5.85. The number of nitriles is 1. The molecule has 0 aliphatic carbocycles. The molecular formula is C16H26N4O. The monoisotopic (exact) mass is 290 g/mol. The minimum Gasteiger partial charge on any atom is -0.351 e. The highest BCUT2D eigenvalue weighted by Gasteiger charge is 2.36. The average molecular weight is 290 g/mol. The molecule has 0 aliphatic rings. The number of aryl methyl sites for hydroxylation is 2. The van der Waals surface area contributed by atoms with Crippen molar-refractivity contribution in [3.63, 3.8) is 0 Å². The van der Waals surface area contributed by atoms with Crippen molar-refractivity contribution in [1.29, 1.82) is 5.26 Å². The van der Waals surface area contributed by atoms with Gasteiger partial charge in [-0.05, 0) is 19.3 Å². The van der Waals surface area contributed by atoms with E-state index in [0.29, 0.717) is 19.4 Å². The van der Waals surface area contributed by atoms with Crippen LogP contribution in [0.25, 0.3) is 0 Å². The van der Waals surface area contributed by atoms with E-state index in [1.165, 1.54) is 0 Å². The first-order chi connectivity index (χ1) is 10.0. The van der Waals surface area contributed by atoms with Gasteiger partial charge >= 0.3 is 0 Å². The minimum absolute atomic E-state index is 0.153. The molecule has 1 N–H and O–H groups in total. The third-order valence-corrected chi connectivity index (χ3v) is 3.77. The fourth-order valence-corrected chi connectivity index (χ4v) is 2.74. The maximum absolute atomic E-state index is 12.5. The summed E-state index contributed by atoms with van der Waals surface area (Å²) < 4.78 is 1.76. The topological polar surface area (TPSA) is 70.7 Å². The summed E-state index contributed by atoms with van der Waals surface area (Å²) in [6.45, 7) is 6.49. The van der Waals surface area contributed by atoms with E-state index in [9.17, 15) is 10.1 Å². The van der Waals surface area contributed by atoms with Gasteiger partial charge in [0.25, 0.3) is 0 Å². The van der Waals surface area contributed by atoms with Crippen LogP contribution in [0.3, 0.4) is 0 Å². The Morgan fingerprint density at radius 2 is 2.00 bits per heavy atom. The number of rotatable bonds is 8. The second kappa shape index (κ2) is 7.82. The largest absolute Gasteiger partial charge is 0.351 e. The van der Waals surface area contributed by atoms with Gasteiger partial charge in [-0.25, -0.2) is 0 Å². The second-order valence-corrected chi connectivity index (χ2v) is 5.50. The van der Waals surface area contributed by atoms with Crippen molar-refractivity contribution in [3.8, 4) is 6.07 Å². The summed E-state index contributed by atoms with van der Waals surface area (Å²) in [6.07, 6.45) is 5.63.